The number of benzene rings is 1. The molecule has 1 saturated heterocycles. The zero-order valence-electron chi connectivity index (χ0n) is 14.3. The molecule has 1 aliphatic rings. The van der Waals surface area contributed by atoms with Gasteiger partial charge in [-0.15, -0.1) is 6.58 Å². The molecule has 0 radical (unpaired) electrons. The fourth-order valence-corrected chi connectivity index (χ4v) is 2.59. The zero-order chi connectivity index (χ0) is 18.2. The van der Waals surface area contributed by atoms with Gasteiger partial charge in [0, 0.05) is 18.7 Å². The van der Waals surface area contributed by atoms with Crippen molar-refractivity contribution < 1.29 is 19.4 Å². The molecule has 0 spiro atoms. The number of allylic oxidation sites excluding steroid dienone is 1. The minimum absolute atomic E-state index is 0.0413. The Labute approximate surface area is 147 Å². The van der Waals surface area contributed by atoms with Crippen molar-refractivity contribution in [3.8, 4) is 17.6 Å². The highest BCUT2D eigenvalue weighted by Gasteiger charge is 2.21. The van der Waals surface area contributed by atoms with E-state index in [1.807, 2.05) is 13.0 Å². The molecule has 0 bridgehead atoms. The second kappa shape index (κ2) is 8.90. The Bertz CT molecular complexity index is 713. The van der Waals surface area contributed by atoms with Crippen LogP contribution in [0.5, 0.6) is 11.5 Å². The molecule has 6 heteroatoms. The number of amides is 1. The second-order valence-electron chi connectivity index (χ2n) is 5.53. The van der Waals surface area contributed by atoms with Crippen LogP contribution < -0.4 is 4.74 Å². The van der Waals surface area contributed by atoms with Crippen molar-refractivity contribution in [3.05, 3.63) is 41.5 Å². The van der Waals surface area contributed by atoms with Crippen LogP contribution in [0.4, 0.5) is 0 Å². The third-order valence-corrected chi connectivity index (χ3v) is 3.80. The van der Waals surface area contributed by atoms with Gasteiger partial charge in [-0.05, 0) is 37.1 Å². The molecule has 1 aromatic rings. The van der Waals surface area contributed by atoms with Crippen LogP contribution in [0.25, 0.3) is 6.08 Å². The lowest BCUT2D eigenvalue weighted by Gasteiger charge is -2.26. The molecule has 1 N–H and O–H groups in total. The van der Waals surface area contributed by atoms with E-state index in [2.05, 4.69) is 6.58 Å². The molecule has 2 rings (SSSR count). The van der Waals surface area contributed by atoms with E-state index in [1.165, 1.54) is 6.08 Å². The SMILES string of the molecule is C=CCc1cc(C=C(C#N)C(=O)N2CCOCC2)cc(OCC)c1O. The monoisotopic (exact) mass is 342 g/mol. The highest BCUT2D eigenvalue weighted by atomic mass is 16.5. The van der Waals surface area contributed by atoms with Crippen LogP contribution in [-0.2, 0) is 16.0 Å². The van der Waals surface area contributed by atoms with E-state index in [1.54, 1.807) is 23.1 Å². The highest BCUT2D eigenvalue weighted by Crippen LogP contribution is 2.33. The average Bonchev–Trinajstić information content (AvgIpc) is 2.64. The molecular weight excluding hydrogens is 320 g/mol. The quantitative estimate of drug-likeness (QED) is 0.487. The van der Waals surface area contributed by atoms with Gasteiger partial charge < -0.3 is 19.5 Å². The topological polar surface area (TPSA) is 82.8 Å². The summed E-state index contributed by atoms with van der Waals surface area (Å²) in [5.41, 5.74) is 1.29. The molecule has 0 aromatic heterocycles. The highest BCUT2D eigenvalue weighted by molar-refractivity contribution is 6.01. The van der Waals surface area contributed by atoms with Crippen molar-refractivity contribution >= 4 is 12.0 Å². The summed E-state index contributed by atoms with van der Waals surface area (Å²) in [6, 6.07) is 5.32. The maximum Gasteiger partial charge on any atom is 0.264 e. The summed E-state index contributed by atoms with van der Waals surface area (Å²) in [6.45, 7) is 7.78. The summed E-state index contributed by atoms with van der Waals surface area (Å²) < 4.78 is 10.7. The van der Waals surface area contributed by atoms with E-state index in [-0.39, 0.29) is 17.2 Å². The van der Waals surface area contributed by atoms with E-state index in [4.69, 9.17) is 9.47 Å². The largest absolute Gasteiger partial charge is 0.504 e. The Balaban J connectivity index is 2.37. The molecular formula is C19H22N2O4. The Kier molecular flexibility index (Phi) is 6.61. The number of ether oxygens (including phenoxy) is 2. The van der Waals surface area contributed by atoms with Gasteiger partial charge in [0.1, 0.15) is 11.6 Å². The molecule has 0 saturated carbocycles. The van der Waals surface area contributed by atoms with Crippen LogP contribution in [0.2, 0.25) is 0 Å². The summed E-state index contributed by atoms with van der Waals surface area (Å²) in [4.78, 5) is 14.1. The first-order valence-corrected chi connectivity index (χ1v) is 8.19. The van der Waals surface area contributed by atoms with Gasteiger partial charge in [-0.25, -0.2) is 0 Å². The number of nitriles is 1. The van der Waals surface area contributed by atoms with Gasteiger partial charge in [-0.1, -0.05) is 6.08 Å². The van der Waals surface area contributed by atoms with E-state index in [0.717, 1.165) is 0 Å². The number of carbonyl (C=O) groups excluding carboxylic acids is 1. The van der Waals surface area contributed by atoms with Gasteiger partial charge in [0.25, 0.3) is 5.91 Å². The van der Waals surface area contributed by atoms with Gasteiger partial charge in [-0.2, -0.15) is 5.26 Å². The number of morpholine rings is 1. The van der Waals surface area contributed by atoms with E-state index < -0.39 is 0 Å². The third-order valence-electron chi connectivity index (χ3n) is 3.80. The lowest BCUT2D eigenvalue weighted by molar-refractivity contribution is -0.130. The van der Waals surface area contributed by atoms with Crippen molar-refractivity contribution in [1.29, 1.82) is 5.26 Å². The van der Waals surface area contributed by atoms with E-state index in [0.29, 0.717) is 56.2 Å². The Morgan fingerprint density at radius 1 is 1.48 bits per heavy atom. The first-order valence-electron chi connectivity index (χ1n) is 8.19. The predicted octanol–water partition coefficient (Wildman–Crippen LogP) is 2.29. The molecule has 1 aliphatic heterocycles. The zero-order valence-corrected chi connectivity index (χ0v) is 14.3. The number of hydrogen-bond acceptors (Lipinski definition) is 5. The van der Waals surface area contributed by atoms with Crippen molar-refractivity contribution in [2.45, 2.75) is 13.3 Å². The molecule has 1 aromatic carbocycles. The first kappa shape index (κ1) is 18.6. The Hall–Kier alpha value is -2.78. The van der Waals surface area contributed by atoms with Crippen LogP contribution in [0, 0.1) is 11.3 Å². The van der Waals surface area contributed by atoms with Gasteiger partial charge in [0.2, 0.25) is 0 Å². The van der Waals surface area contributed by atoms with Crippen molar-refractivity contribution in [1.82, 2.24) is 4.90 Å². The molecule has 0 unspecified atom stereocenters. The fraction of sp³-hybridized carbons (Fsp3) is 0.368. The molecule has 25 heavy (non-hydrogen) atoms. The molecule has 1 amide bonds. The van der Waals surface area contributed by atoms with Gasteiger partial charge in [-0.3, -0.25) is 4.79 Å². The maximum absolute atomic E-state index is 12.5. The summed E-state index contributed by atoms with van der Waals surface area (Å²) >= 11 is 0. The minimum atomic E-state index is -0.317. The lowest BCUT2D eigenvalue weighted by atomic mass is 10.0. The smallest absolute Gasteiger partial charge is 0.264 e. The van der Waals surface area contributed by atoms with Crippen LogP contribution in [0.3, 0.4) is 0 Å². The summed E-state index contributed by atoms with van der Waals surface area (Å²) in [6.07, 6.45) is 3.64. The third kappa shape index (κ3) is 4.61. The van der Waals surface area contributed by atoms with Crippen molar-refractivity contribution in [2.24, 2.45) is 0 Å². The Morgan fingerprint density at radius 2 is 2.20 bits per heavy atom. The molecule has 1 fully saturated rings. The van der Waals surface area contributed by atoms with Crippen LogP contribution in [0.15, 0.2) is 30.4 Å². The second-order valence-corrected chi connectivity index (χ2v) is 5.53. The van der Waals surface area contributed by atoms with E-state index >= 15 is 0 Å². The van der Waals surface area contributed by atoms with Crippen molar-refractivity contribution in [3.63, 3.8) is 0 Å². The van der Waals surface area contributed by atoms with Gasteiger partial charge in [0.15, 0.2) is 11.5 Å². The maximum atomic E-state index is 12.5. The number of aromatic hydroxyl groups is 1. The number of nitrogens with zero attached hydrogens (tertiary/aromatic N) is 2. The predicted molar refractivity (Wildman–Crippen MR) is 94.2 cm³/mol. The number of carbonyl (C=O) groups is 1. The van der Waals surface area contributed by atoms with Crippen molar-refractivity contribution in [2.75, 3.05) is 32.9 Å². The molecule has 6 nitrogen and oxygen atoms in total. The molecule has 1 heterocycles. The molecule has 132 valence electrons. The normalized spacial score (nSPS) is 14.7. The Morgan fingerprint density at radius 3 is 2.80 bits per heavy atom. The number of rotatable bonds is 6. The fourth-order valence-electron chi connectivity index (χ4n) is 2.59. The van der Waals surface area contributed by atoms with Crippen LogP contribution in [0.1, 0.15) is 18.1 Å². The van der Waals surface area contributed by atoms with E-state index in [9.17, 15) is 15.2 Å². The van der Waals surface area contributed by atoms with Gasteiger partial charge >= 0.3 is 0 Å². The molecule has 0 aliphatic carbocycles. The number of phenolic OH excluding ortho intramolecular Hbond substituents is 1. The molecule has 0 atom stereocenters. The summed E-state index contributed by atoms with van der Waals surface area (Å²) in [5.74, 6) is 0.0585. The summed E-state index contributed by atoms with van der Waals surface area (Å²) in [7, 11) is 0. The van der Waals surface area contributed by atoms with Crippen LogP contribution >= 0.6 is 0 Å². The lowest BCUT2D eigenvalue weighted by Crippen LogP contribution is -2.41. The average molecular weight is 342 g/mol. The number of hydrogen-bond donors (Lipinski definition) is 1. The standard InChI is InChI=1S/C19H22N2O4/c1-3-5-15-10-14(12-17(18(15)22)25-4-2)11-16(13-20)19(23)21-6-8-24-9-7-21/h3,10-12,22H,1,4-9H2,2H3. The minimum Gasteiger partial charge on any atom is -0.504 e. The van der Waals surface area contributed by atoms with Crippen LogP contribution in [-0.4, -0.2) is 48.8 Å². The summed E-state index contributed by atoms with van der Waals surface area (Å²) in [5, 5.41) is 19.6. The number of phenols is 1. The first-order chi connectivity index (χ1) is 12.1. The van der Waals surface area contributed by atoms with Gasteiger partial charge in [0.05, 0.1) is 19.8 Å².